The topological polar surface area (TPSA) is 49.4 Å². The van der Waals surface area contributed by atoms with Crippen molar-refractivity contribution in [3.8, 4) is 0 Å². The molecule has 1 N–H and O–H groups in total. The number of benzene rings is 2. The minimum atomic E-state index is -0.415. The highest BCUT2D eigenvalue weighted by molar-refractivity contribution is 6.03. The number of carbonyl (C=O) groups excluding carboxylic acids is 2. The van der Waals surface area contributed by atoms with Gasteiger partial charge in [-0.25, -0.2) is 4.39 Å². The van der Waals surface area contributed by atoms with E-state index in [-0.39, 0.29) is 24.1 Å². The van der Waals surface area contributed by atoms with Gasteiger partial charge in [0.15, 0.2) is 0 Å². The van der Waals surface area contributed by atoms with E-state index < -0.39 is 5.92 Å². The summed E-state index contributed by atoms with van der Waals surface area (Å²) in [6.07, 6.45) is 1.23. The Labute approximate surface area is 153 Å². The predicted molar refractivity (Wildman–Crippen MR) is 101 cm³/mol. The van der Waals surface area contributed by atoms with Crippen LogP contribution in [0.25, 0.3) is 0 Å². The first-order valence-corrected chi connectivity index (χ1v) is 8.94. The number of hydrogen-bond donors (Lipinski definition) is 1. The van der Waals surface area contributed by atoms with E-state index in [4.69, 9.17) is 0 Å². The van der Waals surface area contributed by atoms with Crippen molar-refractivity contribution in [3.05, 3.63) is 59.9 Å². The average molecular weight is 354 g/mol. The number of nitrogens with zero attached hydrogens (tertiary/aromatic N) is 1. The molecule has 0 unspecified atom stereocenters. The van der Waals surface area contributed by atoms with Crippen LogP contribution in [0.2, 0.25) is 0 Å². The van der Waals surface area contributed by atoms with E-state index in [1.165, 1.54) is 22.6 Å². The minimum Gasteiger partial charge on any atom is -0.326 e. The summed E-state index contributed by atoms with van der Waals surface area (Å²) in [5.41, 5.74) is 2.59. The van der Waals surface area contributed by atoms with Gasteiger partial charge in [-0.1, -0.05) is 26.0 Å². The van der Waals surface area contributed by atoms with Crippen molar-refractivity contribution in [2.45, 2.75) is 32.6 Å². The van der Waals surface area contributed by atoms with Crippen LogP contribution >= 0.6 is 0 Å². The van der Waals surface area contributed by atoms with Crippen molar-refractivity contribution in [2.75, 3.05) is 16.8 Å². The summed E-state index contributed by atoms with van der Waals surface area (Å²) < 4.78 is 13.1. The fraction of sp³-hybridized carbons (Fsp3) is 0.333. The lowest BCUT2D eigenvalue weighted by molar-refractivity contribution is -0.122. The zero-order valence-corrected chi connectivity index (χ0v) is 15.0. The van der Waals surface area contributed by atoms with Crippen LogP contribution in [0.15, 0.2) is 48.5 Å². The van der Waals surface area contributed by atoms with Gasteiger partial charge in [-0.15, -0.1) is 0 Å². The first-order chi connectivity index (χ1) is 12.5. The number of anilines is 2. The highest BCUT2D eigenvalue weighted by Crippen LogP contribution is 2.27. The molecular weight excluding hydrogens is 331 g/mol. The molecule has 136 valence electrons. The molecule has 0 spiro atoms. The van der Waals surface area contributed by atoms with Crippen LogP contribution in [0.3, 0.4) is 0 Å². The average Bonchev–Trinajstić information content (AvgIpc) is 3.04. The van der Waals surface area contributed by atoms with Gasteiger partial charge in [0.05, 0.1) is 5.92 Å². The fourth-order valence-electron chi connectivity index (χ4n) is 3.13. The Balaban J connectivity index is 1.63. The SMILES string of the molecule is CC[C@@H](C)c1ccc(NC(=O)[C@@H]2CC(=O)N(c3ccc(F)cc3)C2)cc1. The van der Waals surface area contributed by atoms with E-state index >= 15 is 0 Å². The van der Waals surface area contributed by atoms with E-state index in [0.29, 0.717) is 18.2 Å². The quantitative estimate of drug-likeness (QED) is 0.869. The van der Waals surface area contributed by atoms with Crippen LogP contribution in [0.4, 0.5) is 15.8 Å². The molecule has 2 aromatic carbocycles. The molecule has 5 heteroatoms. The Hall–Kier alpha value is -2.69. The van der Waals surface area contributed by atoms with Crippen molar-refractivity contribution in [1.29, 1.82) is 0 Å². The Morgan fingerprint density at radius 1 is 1.19 bits per heavy atom. The monoisotopic (exact) mass is 354 g/mol. The van der Waals surface area contributed by atoms with E-state index in [2.05, 4.69) is 19.2 Å². The number of hydrogen-bond acceptors (Lipinski definition) is 2. The van der Waals surface area contributed by atoms with Crippen LogP contribution in [0.5, 0.6) is 0 Å². The molecule has 0 aliphatic carbocycles. The van der Waals surface area contributed by atoms with Gasteiger partial charge in [0.25, 0.3) is 0 Å². The fourth-order valence-corrected chi connectivity index (χ4v) is 3.13. The Morgan fingerprint density at radius 3 is 2.46 bits per heavy atom. The molecule has 0 bridgehead atoms. The summed E-state index contributed by atoms with van der Waals surface area (Å²) in [7, 11) is 0. The largest absolute Gasteiger partial charge is 0.326 e. The first-order valence-electron chi connectivity index (χ1n) is 8.94. The normalized spacial score (nSPS) is 18.0. The number of amides is 2. The Kier molecular flexibility index (Phi) is 5.35. The van der Waals surface area contributed by atoms with Crippen molar-refractivity contribution < 1.29 is 14.0 Å². The van der Waals surface area contributed by atoms with Crippen molar-refractivity contribution >= 4 is 23.2 Å². The highest BCUT2D eigenvalue weighted by atomic mass is 19.1. The van der Waals surface area contributed by atoms with Gasteiger partial charge in [-0.3, -0.25) is 9.59 Å². The van der Waals surface area contributed by atoms with Gasteiger partial charge in [-0.2, -0.15) is 0 Å². The maximum Gasteiger partial charge on any atom is 0.229 e. The van der Waals surface area contributed by atoms with Gasteiger partial charge in [0.1, 0.15) is 5.82 Å². The molecule has 2 aromatic rings. The summed E-state index contributed by atoms with van der Waals surface area (Å²) in [5, 5.41) is 2.89. The molecule has 1 aliphatic heterocycles. The molecule has 2 amide bonds. The second-order valence-electron chi connectivity index (χ2n) is 6.80. The lowest BCUT2D eigenvalue weighted by Gasteiger charge is -2.17. The van der Waals surface area contributed by atoms with Crippen molar-refractivity contribution in [1.82, 2.24) is 0 Å². The summed E-state index contributed by atoms with van der Waals surface area (Å²) in [5.74, 6) is -0.572. The van der Waals surface area contributed by atoms with Gasteiger partial charge < -0.3 is 10.2 Å². The standard InChI is InChI=1S/C21H23FN2O2/c1-3-14(2)15-4-8-18(9-5-15)23-21(26)16-12-20(25)24(13-16)19-10-6-17(22)7-11-19/h4-11,14,16H,3,12-13H2,1-2H3,(H,23,26)/t14-,16-/m1/s1. The third-order valence-electron chi connectivity index (χ3n) is 4.99. The van der Waals surface area contributed by atoms with Crippen LogP contribution in [-0.4, -0.2) is 18.4 Å². The number of halogens is 1. The maximum absolute atomic E-state index is 13.1. The molecule has 1 aliphatic rings. The molecular formula is C21H23FN2O2. The summed E-state index contributed by atoms with van der Waals surface area (Å²) >= 11 is 0. The van der Waals surface area contributed by atoms with E-state index in [0.717, 1.165) is 12.1 Å². The molecule has 26 heavy (non-hydrogen) atoms. The summed E-state index contributed by atoms with van der Waals surface area (Å²) in [4.78, 5) is 26.3. The van der Waals surface area contributed by atoms with Gasteiger partial charge in [-0.05, 0) is 54.3 Å². The second-order valence-corrected chi connectivity index (χ2v) is 6.80. The summed E-state index contributed by atoms with van der Waals surface area (Å²) in [6, 6.07) is 13.6. The number of rotatable bonds is 5. The van der Waals surface area contributed by atoms with Crippen LogP contribution in [0, 0.1) is 11.7 Å². The summed E-state index contributed by atoms with van der Waals surface area (Å²) in [6.45, 7) is 4.62. The lowest BCUT2D eigenvalue weighted by Crippen LogP contribution is -2.28. The first kappa shape index (κ1) is 18.1. The zero-order valence-electron chi connectivity index (χ0n) is 15.0. The maximum atomic E-state index is 13.1. The molecule has 2 atom stereocenters. The Bertz CT molecular complexity index is 787. The molecule has 0 saturated carbocycles. The second kappa shape index (κ2) is 7.68. The zero-order chi connectivity index (χ0) is 18.7. The van der Waals surface area contributed by atoms with Crippen molar-refractivity contribution in [2.24, 2.45) is 5.92 Å². The highest BCUT2D eigenvalue weighted by Gasteiger charge is 2.35. The molecule has 3 rings (SSSR count). The third-order valence-corrected chi connectivity index (χ3v) is 4.99. The minimum absolute atomic E-state index is 0.121. The molecule has 1 saturated heterocycles. The van der Waals surface area contributed by atoms with E-state index in [1.807, 2.05) is 24.3 Å². The number of carbonyl (C=O) groups is 2. The van der Waals surface area contributed by atoms with Crippen molar-refractivity contribution in [3.63, 3.8) is 0 Å². The number of nitrogens with one attached hydrogen (secondary N) is 1. The molecule has 1 heterocycles. The smallest absolute Gasteiger partial charge is 0.229 e. The molecule has 1 fully saturated rings. The Morgan fingerprint density at radius 2 is 1.85 bits per heavy atom. The van der Waals surface area contributed by atoms with Crippen LogP contribution in [-0.2, 0) is 9.59 Å². The lowest BCUT2D eigenvalue weighted by atomic mass is 9.98. The van der Waals surface area contributed by atoms with Gasteiger partial charge in [0.2, 0.25) is 11.8 Å². The van der Waals surface area contributed by atoms with Gasteiger partial charge >= 0.3 is 0 Å². The molecule has 0 radical (unpaired) electrons. The van der Waals surface area contributed by atoms with E-state index in [1.54, 1.807) is 12.1 Å². The third kappa shape index (κ3) is 3.93. The predicted octanol–water partition coefficient (Wildman–Crippen LogP) is 4.33. The van der Waals surface area contributed by atoms with Gasteiger partial charge in [0, 0.05) is 24.3 Å². The van der Waals surface area contributed by atoms with E-state index in [9.17, 15) is 14.0 Å². The molecule has 0 aromatic heterocycles. The van der Waals surface area contributed by atoms with Crippen LogP contribution < -0.4 is 10.2 Å². The molecule has 4 nitrogen and oxygen atoms in total. The van der Waals surface area contributed by atoms with Crippen LogP contribution in [0.1, 0.15) is 38.2 Å².